The molecule has 1 fully saturated rings. The summed E-state index contributed by atoms with van der Waals surface area (Å²) in [5.41, 5.74) is 0.219. The fraction of sp³-hybridized carbons (Fsp3) is 0.436. The molecule has 53 heavy (non-hydrogen) atoms. The number of hydroxylamine groups is 2. The van der Waals surface area contributed by atoms with Crippen LogP contribution in [0.2, 0.25) is 0 Å². The zero-order chi connectivity index (χ0) is 38.5. The topological polar surface area (TPSA) is 157 Å². The van der Waals surface area contributed by atoms with Crippen molar-refractivity contribution >= 4 is 23.8 Å². The van der Waals surface area contributed by atoms with Crippen molar-refractivity contribution in [3.63, 3.8) is 0 Å². The van der Waals surface area contributed by atoms with Gasteiger partial charge in [0.15, 0.2) is 12.6 Å². The quantitative estimate of drug-likeness (QED) is 0.110. The molecule has 0 aliphatic carbocycles. The highest BCUT2D eigenvalue weighted by molar-refractivity contribution is 6.11. The zero-order valence-electron chi connectivity index (χ0n) is 31.2. The lowest BCUT2D eigenvalue weighted by atomic mass is 10.0. The smallest absolute Gasteiger partial charge is 0.497 e. The van der Waals surface area contributed by atoms with E-state index in [4.69, 9.17) is 38.0 Å². The summed E-state index contributed by atoms with van der Waals surface area (Å²) in [6.45, 7) is 9.82. The first-order valence-corrected chi connectivity index (χ1v) is 17.4. The molecule has 14 nitrogen and oxygen atoms in total. The SMILES string of the molecule is CCOc1cc(OCC)cc(C(=O)N[C@@H]2CN(OC(=O)OC(C)(C)C)CCC[C@H]2OC(=O)c2ccc(C(=O)c3cc(OC)ccc3OCOC)cc2)c1. The third kappa shape index (κ3) is 11.8. The highest BCUT2D eigenvalue weighted by Gasteiger charge is 2.34. The van der Waals surface area contributed by atoms with Gasteiger partial charge in [0.05, 0.1) is 44.0 Å². The maximum absolute atomic E-state index is 13.7. The number of esters is 1. The van der Waals surface area contributed by atoms with Gasteiger partial charge in [-0.25, -0.2) is 9.59 Å². The van der Waals surface area contributed by atoms with Crippen LogP contribution in [-0.4, -0.2) is 93.9 Å². The molecule has 14 heteroatoms. The van der Waals surface area contributed by atoms with Crippen LogP contribution in [0.4, 0.5) is 4.79 Å². The van der Waals surface area contributed by atoms with E-state index >= 15 is 0 Å². The summed E-state index contributed by atoms with van der Waals surface area (Å²) in [7, 11) is 2.97. The molecule has 1 aliphatic rings. The third-order valence-electron chi connectivity index (χ3n) is 7.82. The van der Waals surface area contributed by atoms with Gasteiger partial charge >= 0.3 is 12.1 Å². The molecule has 0 aromatic heterocycles. The number of nitrogens with zero attached hydrogens (tertiary/aromatic N) is 1. The van der Waals surface area contributed by atoms with Crippen molar-refractivity contribution in [2.45, 2.75) is 65.2 Å². The van der Waals surface area contributed by atoms with Gasteiger partial charge in [-0.2, -0.15) is 0 Å². The number of rotatable bonds is 15. The first kappa shape index (κ1) is 40.4. The van der Waals surface area contributed by atoms with Crippen molar-refractivity contribution in [3.8, 4) is 23.0 Å². The molecule has 0 unspecified atom stereocenters. The van der Waals surface area contributed by atoms with Gasteiger partial charge < -0.3 is 43.3 Å². The molecule has 1 heterocycles. The van der Waals surface area contributed by atoms with E-state index in [-0.39, 0.29) is 35.8 Å². The Labute approximate surface area is 309 Å². The van der Waals surface area contributed by atoms with Crippen molar-refractivity contribution in [1.82, 2.24) is 10.4 Å². The van der Waals surface area contributed by atoms with Crippen LogP contribution in [0.5, 0.6) is 23.0 Å². The number of carbonyl (C=O) groups is 4. The minimum Gasteiger partial charge on any atom is -0.497 e. The maximum atomic E-state index is 13.7. The highest BCUT2D eigenvalue weighted by Crippen LogP contribution is 2.28. The van der Waals surface area contributed by atoms with Crippen LogP contribution < -0.4 is 24.3 Å². The Kier molecular flexibility index (Phi) is 14.5. The number of hydrogen-bond donors (Lipinski definition) is 1. The fourth-order valence-corrected chi connectivity index (χ4v) is 5.47. The summed E-state index contributed by atoms with van der Waals surface area (Å²) in [6.07, 6.45) is -0.920. The fourth-order valence-electron chi connectivity index (χ4n) is 5.47. The van der Waals surface area contributed by atoms with Crippen LogP contribution >= 0.6 is 0 Å². The number of ketones is 1. The van der Waals surface area contributed by atoms with Crippen LogP contribution in [0.3, 0.4) is 0 Å². The number of ether oxygens (including phenoxy) is 7. The minimum atomic E-state index is -0.898. The number of carbonyl (C=O) groups excluding carboxylic acids is 4. The predicted octanol–water partition coefficient (Wildman–Crippen LogP) is 5.99. The predicted molar refractivity (Wildman–Crippen MR) is 193 cm³/mol. The van der Waals surface area contributed by atoms with Gasteiger partial charge in [-0.3, -0.25) is 9.59 Å². The lowest BCUT2D eigenvalue weighted by Gasteiger charge is -2.29. The lowest BCUT2D eigenvalue weighted by molar-refractivity contribution is -0.144. The van der Waals surface area contributed by atoms with Gasteiger partial charge in [0, 0.05) is 30.8 Å². The van der Waals surface area contributed by atoms with E-state index in [1.165, 1.54) is 43.5 Å². The first-order chi connectivity index (χ1) is 25.3. The molecule has 0 radical (unpaired) electrons. The molecule has 1 aliphatic heterocycles. The van der Waals surface area contributed by atoms with Crippen molar-refractivity contribution < 1.29 is 57.2 Å². The number of hydrogen-bond acceptors (Lipinski definition) is 13. The average Bonchev–Trinajstić information content (AvgIpc) is 3.30. The summed E-state index contributed by atoms with van der Waals surface area (Å²) in [5.74, 6) is 0.182. The van der Waals surface area contributed by atoms with Crippen LogP contribution in [0, 0.1) is 0 Å². The zero-order valence-corrected chi connectivity index (χ0v) is 31.2. The van der Waals surface area contributed by atoms with Crippen molar-refractivity contribution in [2.24, 2.45) is 0 Å². The summed E-state index contributed by atoms with van der Waals surface area (Å²) in [6, 6.07) is 14.9. The summed E-state index contributed by atoms with van der Waals surface area (Å²) >= 11 is 0. The van der Waals surface area contributed by atoms with Gasteiger partial charge in [0.2, 0.25) is 0 Å². The van der Waals surface area contributed by atoms with Crippen molar-refractivity contribution in [2.75, 3.05) is 47.3 Å². The van der Waals surface area contributed by atoms with Crippen LogP contribution in [0.25, 0.3) is 0 Å². The second-order valence-electron chi connectivity index (χ2n) is 13.0. The molecular weight excluding hydrogens is 688 g/mol. The van der Waals surface area contributed by atoms with Gasteiger partial charge in [0.25, 0.3) is 5.91 Å². The second-order valence-corrected chi connectivity index (χ2v) is 13.0. The summed E-state index contributed by atoms with van der Waals surface area (Å²) < 4.78 is 38.5. The normalized spacial score (nSPS) is 16.1. The monoisotopic (exact) mass is 736 g/mol. The molecule has 3 aromatic carbocycles. The van der Waals surface area contributed by atoms with E-state index in [2.05, 4.69) is 5.32 Å². The Hall–Kier alpha value is -5.34. The van der Waals surface area contributed by atoms with Crippen LogP contribution in [-0.2, 0) is 19.0 Å². The standard InChI is InChI=1S/C39H48N2O12/c1-8-48-29-19-27(20-30(21-29)49-9-2)36(43)40-32-23-41(53-38(45)52-39(3,4)5)18-10-11-34(32)51-37(44)26-14-12-25(13-15-26)35(42)31-22-28(47-7)16-17-33(31)50-24-46-6/h12-17,19-22,32,34H,8-11,18,23-24H2,1-7H3,(H,40,43)/t32-,34-/m1/s1. The van der Waals surface area contributed by atoms with Crippen LogP contribution in [0.15, 0.2) is 60.7 Å². The molecule has 1 N–H and O–H groups in total. The molecule has 0 saturated carbocycles. The number of amides is 1. The highest BCUT2D eigenvalue weighted by atomic mass is 16.8. The molecule has 1 saturated heterocycles. The Balaban J connectivity index is 1.56. The van der Waals surface area contributed by atoms with E-state index in [9.17, 15) is 19.2 Å². The Bertz CT molecular complexity index is 1700. The van der Waals surface area contributed by atoms with Crippen molar-refractivity contribution in [1.29, 1.82) is 0 Å². The summed E-state index contributed by atoms with van der Waals surface area (Å²) in [4.78, 5) is 58.9. The van der Waals surface area contributed by atoms with Crippen LogP contribution in [0.1, 0.15) is 84.1 Å². The van der Waals surface area contributed by atoms with E-state index < -0.39 is 35.8 Å². The number of nitrogens with one attached hydrogen (secondary N) is 1. The number of benzene rings is 3. The van der Waals surface area contributed by atoms with Gasteiger partial charge in [-0.05, 0) is 89.9 Å². The molecule has 0 bridgehead atoms. The minimum absolute atomic E-state index is 0.00610. The van der Waals surface area contributed by atoms with Gasteiger partial charge in [-0.15, -0.1) is 5.06 Å². The third-order valence-corrected chi connectivity index (χ3v) is 7.82. The van der Waals surface area contributed by atoms with E-state index in [0.29, 0.717) is 61.2 Å². The Morgan fingerprint density at radius 2 is 1.47 bits per heavy atom. The second kappa shape index (κ2) is 18.9. The van der Waals surface area contributed by atoms with E-state index in [1.807, 2.05) is 13.8 Å². The Morgan fingerprint density at radius 1 is 0.811 bits per heavy atom. The Morgan fingerprint density at radius 3 is 2.08 bits per heavy atom. The molecule has 3 aromatic rings. The molecular formula is C39H48N2O12. The van der Waals surface area contributed by atoms with Crippen molar-refractivity contribution in [3.05, 3.63) is 82.9 Å². The average molecular weight is 737 g/mol. The molecule has 286 valence electrons. The number of methoxy groups -OCH3 is 2. The van der Waals surface area contributed by atoms with Gasteiger partial charge in [0.1, 0.15) is 34.7 Å². The van der Waals surface area contributed by atoms with E-state index in [1.54, 1.807) is 57.2 Å². The molecule has 4 rings (SSSR count). The molecule has 0 spiro atoms. The summed E-state index contributed by atoms with van der Waals surface area (Å²) in [5, 5.41) is 4.35. The maximum Gasteiger partial charge on any atom is 0.528 e. The molecule has 1 amide bonds. The van der Waals surface area contributed by atoms with E-state index in [0.717, 1.165) is 0 Å². The molecule has 2 atom stereocenters. The lowest BCUT2D eigenvalue weighted by Crippen LogP contribution is -2.50. The largest absolute Gasteiger partial charge is 0.528 e. The first-order valence-electron chi connectivity index (χ1n) is 17.4. The van der Waals surface area contributed by atoms with Gasteiger partial charge in [-0.1, -0.05) is 12.1 Å².